The lowest BCUT2D eigenvalue weighted by atomic mass is 10.0. The van der Waals surface area contributed by atoms with Gasteiger partial charge in [0.25, 0.3) is 0 Å². The third-order valence-electron chi connectivity index (χ3n) is 5.27. The topological polar surface area (TPSA) is 35.6 Å². The predicted molar refractivity (Wildman–Crippen MR) is 76.0 cm³/mol. The molecule has 3 rings (SSSR count). The lowest BCUT2D eigenvalue weighted by Gasteiger charge is -2.39. The number of piperazine rings is 1. The number of carbonyl (C=O) groups excluding carboxylic acids is 1. The Hall–Kier alpha value is -0.610. The SMILES string of the molecule is CC1CCNC1C(=O)N1CCN(C2CCCC2)CC1. The molecule has 2 unspecified atom stereocenters. The van der Waals surface area contributed by atoms with Crippen molar-refractivity contribution in [3.63, 3.8) is 0 Å². The Morgan fingerprint density at radius 1 is 1.05 bits per heavy atom. The molecule has 2 atom stereocenters. The quantitative estimate of drug-likeness (QED) is 0.811. The third kappa shape index (κ3) is 2.79. The minimum absolute atomic E-state index is 0.0815. The lowest BCUT2D eigenvalue weighted by molar-refractivity contribution is -0.136. The Kier molecular flexibility index (Phi) is 4.08. The zero-order valence-electron chi connectivity index (χ0n) is 12.1. The van der Waals surface area contributed by atoms with E-state index in [4.69, 9.17) is 0 Å². The summed E-state index contributed by atoms with van der Waals surface area (Å²) in [4.78, 5) is 17.2. The fraction of sp³-hybridized carbons (Fsp3) is 0.933. The Morgan fingerprint density at radius 2 is 1.74 bits per heavy atom. The van der Waals surface area contributed by atoms with Crippen LogP contribution in [0.15, 0.2) is 0 Å². The van der Waals surface area contributed by atoms with Gasteiger partial charge in [-0.25, -0.2) is 0 Å². The molecule has 108 valence electrons. The van der Waals surface area contributed by atoms with Gasteiger partial charge in [0.05, 0.1) is 6.04 Å². The normalized spacial score (nSPS) is 34.1. The number of nitrogens with zero attached hydrogens (tertiary/aromatic N) is 2. The summed E-state index contributed by atoms with van der Waals surface area (Å²) >= 11 is 0. The summed E-state index contributed by atoms with van der Waals surface area (Å²) in [5.74, 6) is 0.844. The van der Waals surface area contributed by atoms with Gasteiger partial charge in [0.1, 0.15) is 0 Å². The molecule has 0 aromatic rings. The van der Waals surface area contributed by atoms with E-state index in [9.17, 15) is 4.79 Å². The van der Waals surface area contributed by atoms with Crippen LogP contribution < -0.4 is 5.32 Å². The van der Waals surface area contributed by atoms with E-state index in [0.29, 0.717) is 11.8 Å². The predicted octanol–water partition coefficient (Wildman–Crippen LogP) is 1.07. The highest BCUT2D eigenvalue weighted by Crippen LogP contribution is 2.25. The maximum absolute atomic E-state index is 12.5. The zero-order chi connectivity index (χ0) is 13.2. The van der Waals surface area contributed by atoms with Gasteiger partial charge in [-0.2, -0.15) is 0 Å². The van der Waals surface area contributed by atoms with Crippen LogP contribution in [0.5, 0.6) is 0 Å². The molecule has 1 saturated carbocycles. The molecule has 2 aliphatic heterocycles. The summed E-state index contributed by atoms with van der Waals surface area (Å²) in [6.07, 6.45) is 6.67. The fourth-order valence-electron chi connectivity index (χ4n) is 3.94. The summed E-state index contributed by atoms with van der Waals surface area (Å²) in [7, 11) is 0. The van der Waals surface area contributed by atoms with Crippen LogP contribution in [-0.4, -0.2) is 60.5 Å². The van der Waals surface area contributed by atoms with E-state index < -0.39 is 0 Å². The van der Waals surface area contributed by atoms with E-state index in [-0.39, 0.29) is 6.04 Å². The van der Waals surface area contributed by atoms with Gasteiger partial charge in [-0.3, -0.25) is 9.69 Å². The molecule has 0 bridgehead atoms. The second kappa shape index (κ2) is 5.80. The van der Waals surface area contributed by atoms with Crippen molar-refractivity contribution in [2.75, 3.05) is 32.7 Å². The van der Waals surface area contributed by atoms with Crippen LogP contribution in [0.25, 0.3) is 0 Å². The molecular weight excluding hydrogens is 238 g/mol. The van der Waals surface area contributed by atoms with Gasteiger partial charge in [-0.15, -0.1) is 0 Å². The zero-order valence-corrected chi connectivity index (χ0v) is 12.1. The molecule has 19 heavy (non-hydrogen) atoms. The maximum Gasteiger partial charge on any atom is 0.240 e. The molecule has 3 fully saturated rings. The molecule has 0 spiro atoms. The van der Waals surface area contributed by atoms with E-state index in [0.717, 1.165) is 45.2 Å². The highest BCUT2D eigenvalue weighted by molar-refractivity contribution is 5.82. The molecule has 0 radical (unpaired) electrons. The van der Waals surface area contributed by atoms with Crippen LogP contribution in [0.4, 0.5) is 0 Å². The standard InChI is InChI=1S/C15H27N3O/c1-12-6-7-16-14(12)15(19)18-10-8-17(9-11-18)13-4-2-3-5-13/h12-14,16H,2-11H2,1H3. The van der Waals surface area contributed by atoms with Gasteiger partial charge in [0.2, 0.25) is 5.91 Å². The van der Waals surface area contributed by atoms with Gasteiger partial charge in [-0.05, 0) is 31.7 Å². The molecule has 1 amide bonds. The first kappa shape index (κ1) is 13.4. The molecule has 2 heterocycles. The first-order valence-electron chi connectivity index (χ1n) is 8.02. The number of hydrogen-bond acceptors (Lipinski definition) is 3. The second-order valence-electron chi connectivity index (χ2n) is 6.50. The fourth-order valence-corrected chi connectivity index (χ4v) is 3.94. The number of carbonyl (C=O) groups is 1. The molecule has 1 N–H and O–H groups in total. The number of rotatable bonds is 2. The first-order chi connectivity index (χ1) is 9.25. The van der Waals surface area contributed by atoms with Crippen molar-refractivity contribution >= 4 is 5.91 Å². The smallest absolute Gasteiger partial charge is 0.240 e. The Bertz CT molecular complexity index is 319. The molecule has 4 heteroatoms. The van der Waals surface area contributed by atoms with Crippen LogP contribution in [0.2, 0.25) is 0 Å². The van der Waals surface area contributed by atoms with Gasteiger partial charge >= 0.3 is 0 Å². The van der Waals surface area contributed by atoms with E-state index in [2.05, 4.69) is 22.0 Å². The lowest BCUT2D eigenvalue weighted by Crippen LogP contribution is -2.55. The molecule has 1 aliphatic carbocycles. The van der Waals surface area contributed by atoms with Crippen molar-refractivity contribution in [3.8, 4) is 0 Å². The molecule has 2 saturated heterocycles. The van der Waals surface area contributed by atoms with Gasteiger partial charge < -0.3 is 10.2 Å². The van der Waals surface area contributed by atoms with Crippen molar-refractivity contribution in [1.29, 1.82) is 0 Å². The van der Waals surface area contributed by atoms with Crippen molar-refractivity contribution in [2.24, 2.45) is 5.92 Å². The van der Waals surface area contributed by atoms with Crippen LogP contribution in [-0.2, 0) is 4.79 Å². The molecule has 0 aromatic carbocycles. The first-order valence-corrected chi connectivity index (χ1v) is 8.02. The van der Waals surface area contributed by atoms with Gasteiger partial charge in [0, 0.05) is 32.2 Å². The minimum atomic E-state index is 0.0815. The van der Waals surface area contributed by atoms with Gasteiger partial charge in [-0.1, -0.05) is 19.8 Å². The van der Waals surface area contributed by atoms with Crippen LogP contribution >= 0.6 is 0 Å². The summed E-state index contributed by atoms with van der Waals surface area (Å²) in [5, 5.41) is 3.36. The molecule has 3 aliphatic rings. The Balaban J connectivity index is 1.50. The van der Waals surface area contributed by atoms with Crippen LogP contribution in [0.3, 0.4) is 0 Å². The Labute approximate surface area is 116 Å². The van der Waals surface area contributed by atoms with Gasteiger partial charge in [0.15, 0.2) is 0 Å². The van der Waals surface area contributed by atoms with Crippen molar-refractivity contribution < 1.29 is 4.79 Å². The third-order valence-corrected chi connectivity index (χ3v) is 5.27. The van der Waals surface area contributed by atoms with E-state index in [1.54, 1.807) is 0 Å². The monoisotopic (exact) mass is 265 g/mol. The summed E-state index contributed by atoms with van der Waals surface area (Å²) in [6.45, 7) is 7.21. The number of amides is 1. The summed E-state index contributed by atoms with van der Waals surface area (Å²) in [6, 6.07) is 0.888. The Morgan fingerprint density at radius 3 is 2.32 bits per heavy atom. The van der Waals surface area contributed by atoms with Crippen molar-refractivity contribution in [2.45, 2.75) is 51.1 Å². The van der Waals surface area contributed by atoms with Crippen molar-refractivity contribution in [3.05, 3.63) is 0 Å². The maximum atomic E-state index is 12.5. The van der Waals surface area contributed by atoms with Crippen LogP contribution in [0, 0.1) is 5.92 Å². The largest absolute Gasteiger partial charge is 0.339 e. The molecule has 4 nitrogen and oxygen atoms in total. The molecular formula is C15H27N3O. The summed E-state index contributed by atoms with van der Waals surface area (Å²) < 4.78 is 0. The van der Waals surface area contributed by atoms with Crippen molar-refractivity contribution in [1.82, 2.24) is 15.1 Å². The molecule has 0 aromatic heterocycles. The minimum Gasteiger partial charge on any atom is -0.339 e. The van der Waals surface area contributed by atoms with E-state index in [1.807, 2.05) is 0 Å². The number of hydrogen-bond donors (Lipinski definition) is 1. The average Bonchev–Trinajstić information content (AvgIpc) is 3.09. The highest BCUT2D eigenvalue weighted by atomic mass is 16.2. The summed E-state index contributed by atoms with van der Waals surface area (Å²) in [5.41, 5.74) is 0. The highest BCUT2D eigenvalue weighted by Gasteiger charge is 2.34. The average molecular weight is 265 g/mol. The van der Waals surface area contributed by atoms with E-state index in [1.165, 1.54) is 25.7 Å². The second-order valence-corrected chi connectivity index (χ2v) is 6.50. The van der Waals surface area contributed by atoms with Crippen LogP contribution in [0.1, 0.15) is 39.0 Å². The number of nitrogens with one attached hydrogen (secondary N) is 1. The van der Waals surface area contributed by atoms with E-state index >= 15 is 0 Å².